The Labute approximate surface area is 158 Å². The van der Waals surface area contributed by atoms with Gasteiger partial charge in [0.15, 0.2) is 0 Å². The number of amides is 1. The molecule has 2 atom stereocenters. The molecule has 1 aliphatic carbocycles. The first kappa shape index (κ1) is 19.5. The van der Waals surface area contributed by atoms with E-state index in [2.05, 4.69) is 10.0 Å². The molecule has 144 valence electrons. The third-order valence-electron chi connectivity index (χ3n) is 4.80. The van der Waals surface area contributed by atoms with Crippen LogP contribution in [0.2, 0.25) is 0 Å². The topological polar surface area (TPSA) is 101 Å². The van der Waals surface area contributed by atoms with Crippen LogP contribution in [0.15, 0.2) is 53.4 Å². The predicted octanol–water partition coefficient (Wildman–Crippen LogP) is 2.48. The van der Waals surface area contributed by atoms with Gasteiger partial charge < -0.3 is 11.1 Å². The highest BCUT2D eigenvalue weighted by Crippen LogP contribution is 2.26. The van der Waals surface area contributed by atoms with Gasteiger partial charge in [0.1, 0.15) is 5.82 Å². The van der Waals surface area contributed by atoms with E-state index in [1.165, 1.54) is 48.5 Å². The first-order valence-electron chi connectivity index (χ1n) is 8.78. The summed E-state index contributed by atoms with van der Waals surface area (Å²) in [5.41, 5.74) is 6.47. The van der Waals surface area contributed by atoms with Gasteiger partial charge in [0.25, 0.3) is 5.91 Å². The molecule has 2 aromatic carbocycles. The number of sulfonamides is 1. The Kier molecular flexibility index (Phi) is 5.88. The van der Waals surface area contributed by atoms with E-state index < -0.39 is 21.7 Å². The van der Waals surface area contributed by atoms with Crippen LogP contribution in [-0.2, 0) is 10.0 Å². The summed E-state index contributed by atoms with van der Waals surface area (Å²) in [5, 5.41) is 2.65. The zero-order chi connectivity index (χ0) is 19.4. The molecule has 1 amide bonds. The number of halogens is 1. The molecule has 0 spiro atoms. The highest BCUT2D eigenvalue weighted by Gasteiger charge is 2.30. The summed E-state index contributed by atoms with van der Waals surface area (Å²) in [6, 6.07) is 10.9. The summed E-state index contributed by atoms with van der Waals surface area (Å²) in [5.74, 6) is -0.665. The average molecular weight is 391 g/mol. The fourth-order valence-corrected chi connectivity index (χ4v) is 4.60. The molecule has 0 aromatic heterocycles. The standard InChI is InChI=1S/C19H22FN3O3S/c20-15-6-4-13(5-7-15)19(24)22-16-8-10-17(11-9-16)27(25,26)23-18-3-1-2-14(18)12-21/h4-11,14,18,23H,1-3,12,21H2,(H,22,24). The molecule has 0 aliphatic heterocycles. The molecule has 8 heteroatoms. The summed E-state index contributed by atoms with van der Waals surface area (Å²) in [4.78, 5) is 12.3. The van der Waals surface area contributed by atoms with Gasteiger partial charge in [0, 0.05) is 17.3 Å². The van der Waals surface area contributed by atoms with Crippen LogP contribution >= 0.6 is 0 Å². The van der Waals surface area contributed by atoms with Crippen molar-refractivity contribution in [2.75, 3.05) is 11.9 Å². The molecule has 4 N–H and O–H groups in total. The minimum absolute atomic E-state index is 0.130. The van der Waals surface area contributed by atoms with Crippen molar-refractivity contribution in [2.45, 2.75) is 30.2 Å². The number of anilines is 1. The van der Waals surface area contributed by atoms with Gasteiger partial charge in [-0.2, -0.15) is 0 Å². The van der Waals surface area contributed by atoms with Gasteiger partial charge in [-0.1, -0.05) is 6.42 Å². The average Bonchev–Trinajstić information content (AvgIpc) is 3.09. The van der Waals surface area contributed by atoms with Crippen molar-refractivity contribution in [1.29, 1.82) is 0 Å². The van der Waals surface area contributed by atoms with Crippen LogP contribution in [0.1, 0.15) is 29.6 Å². The Morgan fingerprint density at radius 1 is 1.07 bits per heavy atom. The molecular formula is C19H22FN3O3S. The first-order valence-corrected chi connectivity index (χ1v) is 10.3. The van der Waals surface area contributed by atoms with E-state index in [0.717, 1.165) is 19.3 Å². The lowest BCUT2D eigenvalue weighted by Crippen LogP contribution is -2.39. The third-order valence-corrected chi connectivity index (χ3v) is 6.30. The van der Waals surface area contributed by atoms with Gasteiger partial charge in [-0.15, -0.1) is 0 Å². The fraction of sp³-hybridized carbons (Fsp3) is 0.316. The Bertz CT molecular complexity index is 899. The van der Waals surface area contributed by atoms with Crippen molar-refractivity contribution in [3.63, 3.8) is 0 Å². The van der Waals surface area contributed by atoms with Crippen molar-refractivity contribution >= 4 is 21.6 Å². The molecule has 3 rings (SSSR count). The molecule has 27 heavy (non-hydrogen) atoms. The highest BCUT2D eigenvalue weighted by atomic mass is 32.2. The second-order valence-corrected chi connectivity index (χ2v) is 8.35. The SMILES string of the molecule is NCC1CCCC1NS(=O)(=O)c1ccc(NC(=O)c2ccc(F)cc2)cc1. The molecular weight excluding hydrogens is 369 g/mol. The minimum Gasteiger partial charge on any atom is -0.330 e. The third kappa shape index (κ3) is 4.71. The number of rotatable bonds is 6. The summed E-state index contributed by atoms with van der Waals surface area (Å²) in [6.07, 6.45) is 2.67. The number of carbonyl (C=O) groups excluding carboxylic acids is 1. The van der Waals surface area contributed by atoms with E-state index in [0.29, 0.717) is 17.8 Å². The maximum atomic E-state index is 12.9. The van der Waals surface area contributed by atoms with E-state index in [4.69, 9.17) is 5.73 Å². The first-order chi connectivity index (χ1) is 12.9. The van der Waals surface area contributed by atoms with Crippen LogP contribution in [-0.4, -0.2) is 26.9 Å². The van der Waals surface area contributed by atoms with Crippen LogP contribution in [0.4, 0.5) is 10.1 Å². The lowest BCUT2D eigenvalue weighted by atomic mass is 10.1. The molecule has 0 heterocycles. The Balaban J connectivity index is 1.67. The molecule has 1 fully saturated rings. The maximum Gasteiger partial charge on any atom is 0.255 e. The quantitative estimate of drug-likeness (QED) is 0.704. The number of carbonyl (C=O) groups is 1. The van der Waals surface area contributed by atoms with E-state index in [1.54, 1.807) is 0 Å². The van der Waals surface area contributed by atoms with Crippen molar-refractivity contribution < 1.29 is 17.6 Å². The fourth-order valence-electron chi connectivity index (χ4n) is 3.26. The molecule has 1 saturated carbocycles. The largest absolute Gasteiger partial charge is 0.330 e. The minimum atomic E-state index is -3.65. The van der Waals surface area contributed by atoms with Crippen LogP contribution in [0.25, 0.3) is 0 Å². The zero-order valence-electron chi connectivity index (χ0n) is 14.7. The van der Waals surface area contributed by atoms with Gasteiger partial charge >= 0.3 is 0 Å². The van der Waals surface area contributed by atoms with Crippen molar-refractivity contribution in [2.24, 2.45) is 11.7 Å². The Morgan fingerprint density at radius 2 is 1.74 bits per heavy atom. The lowest BCUT2D eigenvalue weighted by molar-refractivity contribution is 0.102. The van der Waals surface area contributed by atoms with Gasteiger partial charge in [0.05, 0.1) is 4.90 Å². The molecule has 2 aromatic rings. The molecule has 2 unspecified atom stereocenters. The molecule has 6 nitrogen and oxygen atoms in total. The second kappa shape index (κ2) is 8.16. The number of hydrogen-bond donors (Lipinski definition) is 3. The second-order valence-electron chi connectivity index (χ2n) is 6.64. The summed E-state index contributed by atoms with van der Waals surface area (Å²) in [6.45, 7) is 0.460. The Morgan fingerprint density at radius 3 is 2.37 bits per heavy atom. The summed E-state index contributed by atoms with van der Waals surface area (Å²) >= 11 is 0. The normalized spacial score (nSPS) is 19.8. The number of benzene rings is 2. The summed E-state index contributed by atoms with van der Waals surface area (Å²) in [7, 11) is -3.65. The number of hydrogen-bond acceptors (Lipinski definition) is 4. The van der Waals surface area contributed by atoms with Crippen molar-refractivity contribution in [3.8, 4) is 0 Å². The van der Waals surface area contributed by atoms with E-state index >= 15 is 0 Å². The monoisotopic (exact) mass is 391 g/mol. The molecule has 0 bridgehead atoms. The van der Waals surface area contributed by atoms with Crippen molar-refractivity contribution in [3.05, 3.63) is 59.9 Å². The van der Waals surface area contributed by atoms with Crippen LogP contribution in [0.3, 0.4) is 0 Å². The van der Waals surface area contributed by atoms with E-state index in [9.17, 15) is 17.6 Å². The lowest BCUT2D eigenvalue weighted by Gasteiger charge is -2.19. The zero-order valence-corrected chi connectivity index (χ0v) is 15.5. The molecule has 1 aliphatic rings. The van der Waals surface area contributed by atoms with Gasteiger partial charge in [0.2, 0.25) is 10.0 Å². The van der Waals surface area contributed by atoms with Crippen molar-refractivity contribution in [1.82, 2.24) is 4.72 Å². The van der Waals surface area contributed by atoms with Crippen LogP contribution in [0.5, 0.6) is 0 Å². The van der Waals surface area contributed by atoms with Gasteiger partial charge in [-0.05, 0) is 73.8 Å². The highest BCUT2D eigenvalue weighted by molar-refractivity contribution is 7.89. The maximum absolute atomic E-state index is 12.9. The van der Waals surface area contributed by atoms with Crippen LogP contribution in [0, 0.1) is 11.7 Å². The predicted molar refractivity (Wildman–Crippen MR) is 101 cm³/mol. The van der Waals surface area contributed by atoms with Gasteiger partial charge in [-0.3, -0.25) is 4.79 Å². The summed E-state index contributed by atoms with van der Waals surface area (Å²) < 4.78 is 40.8. The smallest absolute Gasteiger partial charge is 0.255 e. The van der Waals surface area contributed by atoms with Gasteiger partial charge in [-0.25, -0.2) is 17.5 Å². The molecule has 0 saturated heterocycles. The number of nitrogens with one attached hydrogen (secondary N) is 2. The van der Waals surface area contributed by atoms with E-state index in [1.807, 2.05) is 0 Å². The van der Waals surface area contributed by atoms with E-state index in [-0.39, 0.29) is 16.9 Å². The number of nitrogens with two attached hydrogens (primary N) is 1. The Hall–Kier alpha value is -2.29. The molecule has 0 radical (unpaired) electrons. The van der Waals surface area contributed by atoms with Crippen LogP contribution < -0.4 is 15.8 Å².